The number of carbonyl (C=O) groups excluding carboxylic acids is 2. The number of likely N-dealkylation sites (N-methyl/N-ethyl adjacent to an activating group) is 1. The zero-order chi connectivity index (χ0) is 21.6. The minimum absolute atomic E-state index is 0.155. The second-order valence-electron chi connectivity index (χ2n) is 6.88. The van der Waals surface area contributed by atoms with Crippen molar-refractivity contribution < 1.29 is 14.3 Å². The first-order valence-electron chi connectivity index (χ1n) is 9.44. The minimum Gasteiger partial charge on any atom is -0.484 e. The van der Waals surface area contributed by atoms with Crippen LogP contribution in [0.25, 0.3) is 0 Å². The number of carbonyl (C=O) groups is 2. The topological polar surface area (TPSA) is 58.6 Å². The van der Waals surface area contributed by atoms with Gasteiger partial charge in [-0.2, -0.15) is 0 Å². The van der Waals surface area contributed by atoms with Crippen LogP contribution < -0.4 is 10.1 Å². The van der Waals surface area contributed by atoms with Crippen molar-refractivity contribution in [1.82, 2.24) is 10.2 Å². The van der Waals surface area contributed by atoms with E-state index in [1.165, 1.54) is 4.90 Å². The summed E-state index contributed by atoms with van der Waals surface area (Å²) in [6, 6.07) is 10.3. The van der Waals surface area contributed by atoms with E-state index in [-0.39, 0.29) is 25.0 Å². The molecule has 0 radical (unpaired) electrons. The molecule has 2 aromatic rings. The summed E-state index contributed by atoms with van der Waals surface area (Å²) < 4.78 is 6.77. The molecule has 0 spiro atoms. The molecule has 7 heteroatoms. The standard InChI is InChI=1S/C22H26BrClN2O3/c1-5-25-22(28)16(4)26(12-17-6-8-18(24)9-7-17)20(27)13-29-19-10-14(2)21(23)15(3)11-19/h6-11,16H,5,12-13H2,1-4H3,(H,25,28)/t16-/m0/s1. The van der Waals surface area contributed by atoms with Crippen LogP contribution in [0.2, 0.25) is 5.02 Å². The molecule has 0 saturated carbocycles. The van der Waals surface area contributed by atoms with Gasteiger partial charge < -0.3 is 15.0 Å². The highest BCUT2D eigenvalue weighted by Gasteiger charge is 2.26. The minimum atomic E-state index is -0.630. The molecule has 0 aromatic heterocycles. The molecular weight excluding hydrogens is 456 g/mol. The molecule has 0 saturated heterocycles. The summed E-state index contributed by atoms with van der Waals surface area (Å²) in [4.78, 5) is 26.8. The van der Waals surface area contributed by atoms with Gasteiger partial charge in [0, 0.05) is 22.6 Å². The highest BCUT2D eigenvalue weighted by atomic mass is 79.9. The van der Waals surface area contributed by atoms with Crippen LogP contribution in [0.5, 0.6) is 5.75 Å². The fourth-order valence-corrected chi connectivity index (χ4v) is 3.26. The van der Waals surface area contributed by atoms with E-state index in [0.29, 0.717) is 17.3 Å². The van der Waals surface area contributed by atoms with Crippen molar-refractivity contribution in [3.8, 4) is 5.75 Å². The van der Waals surface area contributed by atoms with Gasteiger partial charge in [0.15, 0.2) is 6.61 Å². The zero-order valence-electron chi connectivity index (χ0n) is 17.1. The number of hydrogen-bond acceptors (Lipinski definition) is 3. The Balaban J connectivity index is 2.16. The summed E-state index contributed by atoms with van der Waals surface area (Å²) in [7, 11) is 0. The van der Waals surface area contributed by atoms with Crippen molar-refractivity contribution in [1.29, 1.82) is 0 Å². The number of aryl methyl sites for hydroxylation is 2. The van der Waals surface area contributed by atoms with Gasteiger partial charge in [0.25, 0.3) is 5.91 Å². The number of nitrogens with one attached hydrogen (secondary N) is 1. The van der Waals surface area contributed by atoms with Crippen LogP contribution in [-0.2, 0) is 16.1 Å². The monoisotopic (exact) mass is 480 g/mol. The molecule has 1 N–H and O–H groups in total. The second-order valence-corrected chi connectivity index (χ2v) is 8.11. The molecule has 0 bridgehead atoms. The van der Waals surface area contributed by atoms with Crippen molar-refractivity contribution >= 4 is 39.3 Å². The number of rotatable bonds is 8. The van der Waals surface area contributed by atoms with Gasteiger partial charge in [0.2, 0.25) is 5.91 Å². The van der Waals surface area contributed by atoms with E-state index in [1.54, 1.807) is 19.1 Å². The van der Waals surface area contributed by atoms with Gasteiger partial charge in [-0.25, -0.2) is 0 Å². The van der Waals surface area contributed by atoms with Crippen molar-refractivity contribution in [2.75, 3.05) is 13.2 Å². The lowest BCUT2D eigenvalue weighted by Crippen LogP contribution is -2.49. The van der Waals surface area contributed by atoms with E-state index in [9.17, 15) is 9.59 Å². The van der Waals surface area contributed by atoms with Crippen LogP contribution in [0, 0.1) is 13.8 Å². The first-order chi connectivity index (χ1) is 13.7. The predicted molar refractivity (Wildman–Crippen MR) is 119 cm³/mol. The Labute approximate surface area is 185 Å². The van der Waals surface area contributed by atoms with Gasteiger partial charge in [-0.05, 0) is 68.7 Å². The Morgan fingerprint density at radius 1 is 1.17 bits per heavy atom. The van der Waals surface area contributed by atoms with Crippen molar-refractivity contribution in [2.45, 2.75) is 40.3 Å². The molecule has 0 aliphatic rings. The van der Waals surface area contributed by atoms with E-state index in [2.05, 4.69) is 21.2 Å². The summed E-state index contributed by atoms with van der Waals surface area (Å²) in [5.74, 6) is 0.149. The Morgan fingerprint density at radius 3 is 2.31 bits per heavy atom. The average molecular weight is 482 g/mol. The number of benzene rings is 2. The van der Waals surface area contributed by atoms with E-state index in [4.69, 9.17) is 16.3 Å². The molecule has 2 amide bonds. The highest BCUT2D eigenvalue weighted by molar-refractivity contribution is 9.10. The van der Waals surface area contributed by atoms with Crippen LogP contribution in [0.1, 0.15) is 30.5 Å². The van der Waals surface area contributed by atoms with Crippen LogP contribution in [0.15, 0.2) is 40.9 Å². The lowest BCUT2D eigenvalue weighted by Gasteiger charge is -2.28. The summed E-state index contributed by atoms with van der Waals surface area (Å²) in [6.45, 7) is 8.13. The van der Waals surface area contributed by atoms with Gasteiger partial charge in [0.05, 0.1) is 0 Å². The van der Waals surface area contributed by atoms with Gasteiger partial charge in [-0.3, -0.25) is 9.59 Å². The molecule has 29 heavy (non-hydrogen) atoms. The number of amides is 2. The van der Waals surface area contributed by atoms with Crippen LogP contribution in [0.4, 0.5) is 0 Å². The first-order valence-corrected chi connectivity index (χ1v) is 10.6. The second kappa shape index (κ2) is 10.6. The number of nitrogens with zero attached hydrogens (tertiary/aromatic N) is 1. The molecule has 0 aliphatic heterocycles. The summed E-state index contributed by atoms with van der Waals surface area (Å²) in [5.41, 5.74) is 2.94. The highest BCUT2D eigenvalue weighted by Crippen LogP contribution is 2.26. The maximum absolute atomic E-state index is 13.0. The normalized spacial score (nSPS) is 11.7. The molecular formula is C22H26BrClN2O3. The molecule has 2 rings (SSSR count). The molecule has 0 aliphatic carbocycles. The van der Waals surface area contributed by atoms with Crippen molar-refractivity contribution in [3.05, 3.63) is 62.6 Å². The Bertz CT molecular complexity index is 848. The maximum Gasteiger partial charge on any atom is 0.261 e. The molecule has 1 atom stereocenters. The number of halogens is 2. The van der Waals surface area contributed by atoms with Gasteiger partial charge in [-0.15, -0.1) is 0 Å². The summed E-state index contributed by atoms with van der Waals surface area (Å²) >= 11 is 9.47. The van der Waals surface area contributed by atoms with Gasteiger partial charge in [-0.1, -0.05) is 39.7 Å². The van der Waals surface area contributed by atoms with Gasteiger partial charge >= 0.3 is 0 Å². The first kappa shape index (κ1) is 23.2. The molecule has 0 unspecified atom stereocenters. The van der Waals surface area contributed by atoms with E-state index in [1.807, 2.05) is 45.0 Å². The third-order valence-corrected chi connectivity index (χ3v) is 6.06. The Morgan fingerprint density at radius 2 is 1.76 bits per heavy atom. The smallest absolute Gasteiger partial charge is 0.261 e. The number of hydrogen-bond donors (Lipinski definition) is 1. The quantitative estimate of drug-likeness (QED) is 0.597. The van der Waals surface area contributed by atoms with Crippen LogP contribution >= 0.6 is 27.5 Å². The molecule has 5 nitrogen and oxygen atoms in total. The van der Waals surface area contributed by atoms with E-state index < -0.39 is 6.04 Å². The summed E-state index contributed by atoms with van der Waals surface area (Å²) in [5, 5.41) is 3.39. The third kappa shape index (κ3) is 6.47. The van der Waals surface area contributed by atoms with Gasteiger partial charge in [0.1, 0.15) is 11.8 Å². The fraction of sp³-hybridized carbons (Fsp3) is 0.364. The SMILES string of the molecule is CCNC(=O)[C@H](C)N(Cc1ccc(Cl)cc1)C(=O)COc1cc(C)c(Br)c(C)c1. The lowest BCUT2D eigenvalue weighted by atomic mass is 10.1. The third-order valence-electron chi connectivity index (χ3n) is 4.56. The largest absolute Gasteiger partial charge is 0.484 e. The Hall–Kier alpha value is -2.05. The molecule has 156 valence electrons. The molecule has 2 aromatic carbocycles. The van der Waals surface area contributed by atoms with Crippen molar-refractivity contribution in [2.24, 2.45) is 0 Å². The van der Waals surface area contributed by atoms with E-state index >= 15 is 0 Å². The van der Waals surface area contributed by atoms with E-state index in [0.717, 1.165) is 21.2 Å². The maximum atomic E-state index is 13.0. The van der Waals surface area contributed by atoms with Crippen molar-refractivity contribution in [3.63, 3.8) is 0 Å². The fourth-order valence-electron chi connectivity index (χ4n) is 2.91. The molecule has 0 fully saturated rings. The predicted octanol–water partition coefficient (Wildman–Crippen LogP) is 4.65. The van der Waals surface area contributed by atoms with Crippen LogP contribution in [0.3, 0.4) is 0 Å². The molecule has 0 heterocycles. The Kier molecular flexibility index (Phi) is 8.53. The zero-order valence-corrected chi connectivity index (χ0v) is 19.4. The number of ether oxygens (including phenoxy) is 1. The average Bonchev–Trinajstić information content (AvgIpc) is 2.69. The lowest BCUT2D eigenvalue weighted by molar-refractivity contribution is -0.142. The van der Waals surface area contributed by atoms with Crippen LogP contribution in [-0.4, -0.2) is 35.9 Å². The summed E-state index contributed by atoms with van der Waals surface area (Å²) in [6.07, 6.45) is 0.